The number of nitrogens with zero attached hydrogens (tertiary/aromatic N) is 1. The van der Waals surface area contributed by atoms with Crippen molar-refractivity contribution in [2.45, 2.75) is 39.7 Å². The van der Waals surface area contributed by atoms with Crippen LogP contribution >= 0.6 is 0 Å². The molecular weight excluding hydrogens is 162 g/mol. The van der Waals surface area contributed by atoms with Crippen LogP contribution in [0.3, 0.4) is 0 Å². The van der Waals surface area contributed by atoms with Crippen molar-refractivity contribution in [3.8, 4) is 0 Å². The predicted octanol–water partition coefficient (Wildman–Crippen LogP) is 1.74. The maximum absolute atomic E-state index is 9.18. The van der Waals surface area contributed by atoms with Gasteiger partial charge in [0.2, 0.25) is 0 Å². The molecule has 1 aliphatic heterocycles. The summed E-state index contributed by atoms with van der Waals surface area (Å²) in [4.78, 5) is 2.42. The van der Waals surface area contributed by atoms with Crippen molar-refractivity contribution in [2.24, 2.45) is 11.8 Å². The van der Waals surface area contributed by atoms with Gasteiger partial charge in [-0.05, 0) is 31.2 Å². The molecule has 1 heterocycles. The van der Waals surface area contributed by atoms with Gasteiger partial charge in [0.25, 0.3) is 0 Å². The van der Waals surface area contributed by atoms with E-state index >= 15 is 0 Å². The smallest absolute Gasteiger partial charge is 0.0586 e. The highest BCUT2D eigenvalue weighted by molar-refractivity contribution is 4.81. The molecule has 1 fully saturated rings. The SMILES string of the molecule is CCN1CC(C(C)C)CCC1CO. The molecule has 1 saturated heterocycles. The molecular formula is C11H23NO. The van der Waals surface area contributed by atoms with Gasteiger partial charge in [-0.25, -0.2) is 0 Å². The molecule has 0 spiro atoms. The van der Waals surface area contributed by atoms with E-state index in [0.29, 0.717) is 12.6 Å². The zero-order valence-electron chi connectivity index (χ0n) is 9.16. The number of likely N-dealkylation sites (N-methyl/N-ethyl adjacent to an activating group) is 1. The van der Waals surface area contributed by atoms with Gasteiger partial charge in [0.15, 0.2) is 0 Å². The Morgan fingerprint density at radius 3 is 2.54 bits per heavy atom. The van der Waals surface area contributed by atoms with E-state index in [1.54, 1.807) is 0 Å². The fourth-order valence-corrected chi connectivity index (χ4v) is 2.27. The Hall–Kier alpha value is -0.0800. The molecule has 2 heteroatoms. The van der Waals surface area contributed by atoms with Crippen LogP contribution in [0, 0.1) is 11.8 Å². The van der Waals surface area contributed by atoms with Crippen LogP contribution in [0.1, 0.15) is 33.6 Å². The lowest BCUT2D eigenvalue weighted by atomic mass is 9.85. The molecule has 0 amide bonds. The van der Waals surface area contributed by atoms with Crippen LogP contribution in [0.25, 0.3) is 0 Å². The maximum Gasteiger partial charge on any atom is 0.0586 e. The van der Waals surface area contributed by atoms with Crippen LogP contribution in [0.5, 0.6) is 0 Å². The molecule has 0 bridgehead atoms. The molecule has 0 radical (unpaired) electrons. The van der Waals surface area contributed by atoms with Crippen molar-refractivity contribution >= 4 is 0 Å². The van der Waals surface area contributed by atoms with Gasteiger partial charge < -0.3 is 5.11 Å². The van der Waals surface area contributed by atoms with Crippen molar-refractivity contribution in [3.63, 3.8) is 0 Å². The highest BCUT2D eigenvalue weighted by Crippen LogP contribution is 2.26. The minimum atomic E-state index is 0.332. The summed E-state index contributed by atoms with van der Waals surface area (Å²) in [5, 5.41) is 9.18. The summed E-state index contributed by atoms with van der Waals surface area (Å²) in [5.74, 6) is 1.62. The topological polar surface area (TPSA) is 23.5 Å². The Bertz CT molecular complexity index is 147. The van der Waals surface area contributed by atoms with Crippen LogP contribution in [0.4, 0.5) is 0 Å². The number of aliphatic hydroxyl groups excluding tert-OH is 1. The molecule has 1 aliphatic rings. The minimum Gasteiger partial charge on any atom is -0.395 e. The van der Waals surface area contributed by atoms with Gasteiger partial charge in [0.1, 0.15) is 0 Å². The zero-order valence-corrected chi connectivity index (χ0v) is 9.16. The fourth-order valence-electron chi connectivity index (χ4n) is 2.27. The Labute approximate surface area is 81.9 Å². The Morgan fingerprint density at radius 2 is 2.08 bits per heavy atom. The quantitative estimate of drug-likeness (QED) is 0.724. The standard InChI is InChI=1S/C11H23NO/c1-4-12-7-10(9(2)3)5-6-11(12)8-13/h9-11,13H,4-8H2,1-3H3. The van der Waals surface area contributed by atoms with E-state index in [1.165, 1.54) is 19.4 Å². The maximum atomic E-state index is 9.18. The molecule has 2 nitrogen and oxygen atoms in total. The van der Waals surface area contributed by atoms with Gasteiger partial charge in [-0.3, -0.25) is 4.90 Å². The molecule has 0 aromatic heterocycles. The minimum absolute atomic E-state index is 0.332. The van der Waals surface area contributed by atoms with Crippen molar-refractivity contribution in [1.29, 1.82) is 0 Å². The number of likely N-dealkylation sites (tertiary alicyclic amines) is 1. The van der Waals surface area contributed by atoms with Gasteiger partial charge in [0, 0.05) is 12.6 Å². The van der Waals surface area contributed by atoms with Crippen LogP contribution < -0.4 is 0 Å². The Morgan fingerprint density at radius 1 is 1.38 bits per heavy atom. The highest BCUT2D eigenvalue weighted by atomic mass is 16.3. The first-order chi connectivity index (χ1) is 6.19. The third-order valence-electron chi connectivity index (χ3n) is 3.42. The van der Waals surface area contributed by atoms with Crippen LogP contribution in [-0.2, 0) is 0 Å². The van der Waals surface area contributed by atoms with Crippen LogP contribution in [-0.4, -0.2) is 35.7 Å². The Balaban J connectivity index is 2.47. The molecule has 0 saturated carbocycles. The van der Waals surface area contributed by atoms with E-state index in [1.807, 2.05) is 0 Å². The first-order valence-corrected chi connectivity index (χ1v) is 5.54. The highest BCUT2D eigenvalue weighted by Gasteiger charge is 2.27. The number of piperidine rings is 1. The predicted molar refractivity (Wildman–Crippen MR) is 55.7 cm³/mol. The molecule has 2 unspecified atom stereocenters. The fraction of sp³-hybridized carbons (Fsp3) is 1.00. The molecule has 2 atom stereocenters. The van der Waals surface area contributed by atoms with Gasteiger partial charge in [-0.1, -0.05) is 20.8 Å². The van der Waals surface area contributed by atoms with Crippen molar-refractivity contribution in [2.75, 3.05) is 19.7 Å². The van der Waals surface area contributed by atoms with E-state index in [9.17, 15) is 5.11 Å². The monoisotopic (exact) mass is 185 g/mol. The lowest BCUT2D eigenvalue weighted by Gasteiger charge is -2.39. The van der Waals surface area contributed by atoms with E-state index in [4.69, 9.17) is 0 Å². The number of hydrogen-bond donors (Lipinski definition) is 1. The average molecular weight is 185 g/mol. The lowest BCUT2D eigenvalue weighted by Crippen LogP contribution is -2.46. The van der Waals surface area contributed by atoms with E-state index in [-0.39, 0.29) is 0 Å². The second-order valence-electron chi connectivity index (χ2n) is 4.51. The van der Waals surface area contributed by atoms with E-state index in [2.05, 4.69) is 25.7 Å². The van der Waals surface area contributed by atoms with Crippen molar-refractivity contribution in [3.05, 3.63) is 0 Å². The van der Waals surface area contributed by atoms with E-state index < -0.39 is 0 Å². The average Bonchev–Trinajstić information content (AvgIpc) is 2.16. The Kier molecular flexibility index (Phi) is 4.20. The first kappa shape index (κ1) is 11.0. The van der Waals surface area contributed by atoms with Crippen molar-refractivity contribution < 1.29 is 5.11 Å². The van der Waals surface area contributed by atoms with Crippen molar-refractivity contribution in [1.82, 2.24) is 4.90 Å². The number of rotatable bonds is 3. The molecule has 78 valence electrons. The third-order valence-corrected chi connectivity index (χ3v) is 3.42. The zero-order chi connectivity index (χ0) is 9.84. The van der Waals surface area contributed by atoms with Gasteiger partial charge in [0.05, 0.1) is 6.61 Å². The lowest BCUT2D eigenvalue weighted by molar-refractivity contribution is 0.0546. The summed E-state index contributed by atoms with van der Waals surface area (Å²) < 4.78 is 0. The summed E-state index contributed by atoms with van der Waals surface area (Å²) >= 11 is 0. The van der Waals surface area contributed by atoms with Gasteiger partial charge >= 0.3 is 0 Å². The molecule has 13 heavy (non-hydrogen) atoms. The van der Waals surface area contributed by atoms with Crippen LogP contribution in [0.2, 0.25) is 0 Å². The molecule has 1 rings (SSSR count). The summed E-state index contributed by atoms with van der Waals surface area (Å²) in [6.07, 6.45) is 2.46. The van der Waals surface area contributed by atoms with Crippen LogP contribution in [0.15, 0.2) is 0 Å². The largest absolute Gasteiger partial charge is 0.395 e. The molecule has 0 aromatic carbocycles. The van der Waals surface area contributed by atoms with Gasteiger partial charge in [-0.15, -0.1) is 0 Å². The second-order valence-corrected chi connectivity index (χ2v) is 4.51. The van der Waals surface area contributed by atoms with E-state index in [0.717, 1.165) is 18.4 Å². The summed E-state index contributed by atoms with van der Waals surface area (Å²) in [6.45, 7) is 9.38. The third kappa shape index (κ3) is 2.68. The summed E-state index contributed by atoms with van der Waals surface area (Å²) in [7, 11) is 0. The summed E-state index contributed by atoms with van der Waals surface area (Å²) in [5.41, 5.74) is 0. The molecule has 0 aliphatic carbocycles. The number of hydrogen-bond acceptors (Lipinski definition) is 2. The normalized spacial score (nSPS) is 31.2. The first-order valence-electron chi connectivity index (χ1n) is 5.54. The molecule has 1 N–H and O–H groups in total. The molecule has 0 aromatic rings. The number of aliphatic hydroxyl groups is 1. The second kappa shape index (κ2) is 4.97. The van der Waals surface area contributed by atoms with Gasteiger partial charge in [-0.2, -0.15) is 0 Å². The summed E-state index contributed by atoms with van der Waals surface area (Å²) in [6, 6.07) is 0.431.